The fraction of sp³-hybridized carbons (Fsp3) is 1.00. The van der Waals surface area contributed by atoms with Gasteiger partial charge in [-0.1, -0.05) is 6.92 Å². The van der Waals surface area contributed by atoms with Gasteiger partial charge in [0.15, 0.2) is 0 Å². The molecular formula is C8H19NOS. The van der Waals surface area contributed by atoms with Gasteiger partial charge in [-0.15, -0.1) is 0 Å². The molecule has 0 aliphatic carbocycles. The van der Waals surface area contributed by atoms with Crippen LogP contribution in [0.1, 0.15) is 13.3 Å². The summed E-state index contributed by atoms with van der Waals surface area (Å²) in [5, 5.41) is 3.21. The van der Waals surface area contributed by atoms with Crippen molar-refractivity contribution in [2.24, 2.45) is 0 Å². The van der Waals surface area contributed by atoms with Crippen molar-refractivity contribution < 1.29 is 4.74 Å². The van der Waals surface area contributed by atoms with Gasteiger partial charge in [0.25, 0.3) is 0 Å². The number of ether oxygens (including phenoxy) is 1. The third-order valence-corrected chi connectivity index (χ3v) is 2.01. The summed E-state index contributed by atoms with van der Waals surface area (Å²) in [4.78, 5) is 0. The number of likely N-dealkylation sites (N-methyl/N-ethyl adjacent to an activating group) is 1. The number of thioether (sulfide) groups is 1. The molecule has 0 unspecified atom stereocenters. The first-order valence-electron chi connectivity index (χ1n) is 4.19. The molecule has 11 heavy (non-hydrogen) atoms. The van der Waals surface area contributed by atoms with Crippen LogP contribution >= 0.6 is 11.8 Å². The molecule has 0 aromatic carbocycles. The Morgan fingerprint density at radius 1 is 1.36 bits per heavy atom. The van der Waals surface area contributed by atoms with Crippen molar-refractivity contribution in [2.45, 2.75) is 13.3 Å². The normalized spacial score (nSPS) is 10.4. The zero-order chi connectivity index (χ0) is 8.36. The monoisotopic (exact) mass is 177 g/mol. The van der Waals surface area contributed by atoms with Crippen LogP contribution in [0.4, 0.5) is 0 Å². The highest BCUT2D eigenvalue weighted by Crippen LogP contribution is 1.94. The Balaban J connectivity index is 2.69. The Morgan fingerprint density at radius 2 is 2.18 bits per heavy atom. The standard InChI is InChI=1S/C8H19NOS/c1-3-9-5-7-10-6-4-8-11-2/h9H,3-8H2,1-2H3. The second-order valence-corrected chi connectivity index (χ2v) is 3.30. The summed E-state index contributed by atoms with van der Waals surface area (Å²) >= 11 is 1.87. The van der Waals surface area contributed by atoms with E-state index in [1.54, 1.807) is 0 Å². The summed E-state index contributed by atoms with van der Waals surface area (Å²) in [7, 11) is 0. The van der Waals surface area contributed by atoms with Gasteiger partial charge in [0.2, 0.25) is 0 Å². The molecule has 0 atom stereocenters. The van der Waals surface area contributed by atoms with Gasteiger partial charge in [0.05, 0.1) is 6.61 Å². The highest BCUT2D eigenvalue weighted by Gasteiger charge is 1.87. The van der Waals surface area contributed by atoms with E-state index in [-0.39, 0.29) is 0 Å². The fourth-order valence-electron chi connectivity index (χ4n) is 0.729. The topological polar surface area (TPSA) is 21.3 Å². The smallest absolute Gasteiger partial charge is 0.0590 e. The highest BCUT2D eigenvalue weighted by atomic mass is 32.2. The molecule has 0 aliphatic rings. The van der Waals surface area contributed by atoms with Gasteiger partial charge >= 0.3 is 0 Å². The highest BCUT2D eigenvalue weighted by molar-refractivity contribution is 7.98. The molecule has 3 heteroatoms. The number of nitrogens with one attached hydrogen (secondary N) is 1. The summed E-state index contributed by atoms with van der Waals surface area (Å²) < 4.78 is 5.36. The van der Waals surface area contributed by atoms with Crippen molar-refractivity contribution in [3.8, 4) is 0 Å². The van der Waals surface area contributed by atoms with Crippen LogP contribution < -0.4 is 5.32 Å². The van der Waals surface area contributed by atoms with E-state index in [2.05, 4.69) is 18.5 Å². The minimum atomic E-state index is 0.849. The van der Waals surface area contributed by atoms with Crippen molar-refractivity contribution in [3.63, 3.8) is 0 Å². The number of hydrogen-bond donors (Lipinski definition) is 1. The predicted molar refractivity (Wildman–Crippen MR) is 52.4 cm³/mol. The van der Waals surface area contributed by atoms with Gasteiger partial charge in [0, 0.05) is 13.2 Å². The molecule has 0 amide bonds. The quantitative estimate of drug-likeness (QED) is 0.566. The molecule has 0 radical (unpaired) electrons. The molecule has 0 saturated heterocycles. The largest absolute Gasteiger partial charge is 0.380 e. The molecular weight excluding hydrogens is 158 g/mol. The Morgan fingerprint density at radius 3 is 2.82 bits per heavy atom. The van der Waals surface area contributed by atoms with E-state index in [1.165, 1.54) is 12.2 Å². The van der Waals surface area contributed by atoms with Crippen molar-refractivity contribution in [1.82, 2.24) is 5.32 Å². The van der Waals surface area contributed by atoms with Gasteiger partial charge in [0.1, 0.15) is 0 Å². The zero-order valence-electron chi connectivity index (χ0n) is 7.56. The van der Waals surface area contributed by atoms with E-state index >= 15 is 0 Å². The van der Waals surface area contributed by atoms with E-state index in [4.69, 9.17) is 4.74 Å². The first-order chi connectivity index (χ1) is 5.41. The average molecular weight is 177 g/mol. The van der Waals surface area contributed by atoms with Gasteiger partial charge in [-0.2, -0.15) is 11.8 Å². The molecule has 0 aromatic rings. The van der Waals surface area contributed by atoms with Crippen LogP contribution in [0.25, 0.3) is 0 Å². The summed E-state index contributed by atoms with van der Waals surface area (Å²) in [6.45, 7) is 5.88. The molecule has 0 aliphatic heterocycles. The van der Waals surface area contributed by atoms with Crippen LogP contribution in [0.5, 0.6) is 0 Å². The van der Waals surface area contributed by atoms with E-state index in [1.807, 2.05) is 11.8 Å². The van der Waals surface area contributed by atoms with Crippen LogP contribution in [0.2, 0.25) is 0 Å². The molecule has 68 valence electrons. The molecule has 2 nitrogen and oxygen atoms in total. The molecule has 0 saturated carbocycles. The van der Waals surface area contributed by atoms with Crippen LogP contribution in [0.3, 0.4) is 0 Å². The molecule has 0 bridgehead atoms. The molecule has 0 spiro atoms. The summed E-state index contributed by atoms with van der Waals surface area (Å²) in [5.41, 5.74) is 0. The Hall–Kier alpha value is 0.270. The lowest BCUT2D eigenvalue weighted by Gasteiger charge is -2.03. The lowest BCUT2D eigenvalue weighted by Crippen LogP contribution is -2.19. The minimum absolute atomic E-state index is 0.849. The molecule has 0 fully saturated rings. The molecule has 1 N–H and O–H groups in total. The Labute approximate surface area is 74.1 Å². The van der Waals surface area contributed by atoms with Crippen molar-refractivity contribution >= 4 is 11.8 Å². The maximum atomic E-state index is 5.36. The second kappa shape index (κ2) is 10.3. The Bertz CT molecular complexity index is 63.1. The summed E-state index contributed by atoms with van der Waals surface area (Å²) in [5.74, 6) is 1.21. The van der Waals surface area contributed by atoms with E-state index in [0.29, 0.717) is 0 Å². The first kappa shape index (κ1) is 11.3. The number of rotatable bonds is 8. The SMILES string of the molecule is CCNCCOCCCSC. The maximum absolute atomic E-state index is 5.36. The first-order valence-corrected chi connectivity index (χ1v) is 5.58. The van der Waals surface area contributed by atoms with Gasteiger partial charge in [-0.3, -0.25) is 0 Å². The Kier molecular flexibility index (Phi) is 10.5. The second-order valence-electron chi connectivity index (χ2n) is 2.31. The third kappa shape index (κ3) is 10.3. The molecule has 0 heterocycles. The summed E-state index contributed by atoms with van der Waals surface area (Å²) in [6.07, 6.45) is 3.30. The van der Waals surface area contributed by atoms with Gasteiger partial charge < -0.3 is 10.1 Å². The van der Waals surface area contributed by atoms with Gasteiger partial charge in [-0.05, 0) is 25.0 Å². The minimum Gasteiger partial charge on any atom is -0.380 e. The molecule has 0 rings (SSSR count). The van der Waals surface area contributed by atoms with E-state index in [0.717, 1.165) is 26.3 Å². The van der Waals surface area contributed by atoms with Crippen LogP contribution in [0, 0.1) is 0 Å². The van der Waals surface area contributed by atoms with Crippen molar-refractivity contribution in [3.05, 3.63) is 0 Å². The third-order valence-electron chi connectivity index (χ3n) is 1.31. The van der Waals surface area contributed by atoms with Crippen molar-refractivity contribution in [2.75, 3.05) is 38.3 Å². The van der Waals surface area contributed by atoms with Crippen LogP contribution in [0.15, 0.2) is 0 Å². The zero-order valence-corrected chi connectivity index (χ0v) is 8.38. The van der Waals surface area contributed by atoms with Crippen LogP contribution in [-0.2, 0) is 4.74 Å². The van der Waals surface area contributed by atoms with Crippen LogP contribution in [-0.4, -0.2) is 38.3 Å². The van der Waals surface area contributed by atoms with E-state index < -0.39 is 0 Å². The number of hydrogen-bond acceptors (Lipinski definition) is 3. The van der Waals surface area contributed by atoms with Gasteiger partial charge in [-0.25, -0.2) is 0 Å². The van der Waals surface area contributed by atoms with Crippen molar-refractivity contribution in [1.29, 1.82) is 0 Å². The molecule has 0 aromatic heterocycles. The fourth-order valence-corrected chi connectivity index (χ4v) is 1.14. The predicted octanol–water partition coefficient (Wildman–Crippen LogP) is 1.37. The lowest BCUT2D eigenvalue weighted by atomic mass is 10.5. The van der Waals surface area contributed by atoms with E-state index in [9.17, 15) is 0 Å². The average Bonchev–Trinajstić information content (AvgIpc) is 2.03. The summed E-state index contributed by atoms with van der Waals surface area (Å²) in [6, 6.07) is 0. The maximum Gasteiger partial charge on any atom is 0.0590 e. The lowest BCUT2D eigenvalue weighted by molar-refractivity contribution is 0.137.